The van der Waals surface area contributed by atoms with Crippen molar-refractivity contribution >= 4 is 22.6 Å². The number of rotatable bonds is 7. The van der Waals surface area contributed by atoms with Gasteiger partial charge in [-0.15, -0.1) is 0 Å². The van der Waals surface area contributed by atoms with Gasteiger partial charge in [-0.05, 0) is 75.4 Å². The fraction of sp³-hybridized carbons (Fsp3) is 0.321. The molecule has 0 aliphatic carbocycles. The molecule has 0 fully saturated rings. The maximum atomic E-state index is 12.8. The molecule has 0 bridgehead atoms. The number of pyridine rings is 1. The number of aromatic nitrogens is 3. The molecule has 0 aliphatic heterocycles. The van der Waals surface area contributed by atoms with E-state index in [9.17, 15) is 4.79 Å². The molecule has 2 aromatic carbocycles. The van der Waals surface area contributed by atoms with E-state index in [0.29, 0.717) is 30.0 Å². The first-order chi connectivity index (χ1) is 16.7. The topological polar surface area (TPSA) is 78.3 Å². The van der Waals surface area contributed by atoms with Gasteiger partial charge in [0.1, 0.15) is 11.5 Å². The zero-order valence-corrected chi connectivity index (χ0v) is 21.4. The number of nitrogens with one attached hydrogen (secondary N) is 1. The monoisotopic (exact) mass is 472 g/mol. The van der Waals surface area contributed by atoms with Crippen LogP contribution in [0, 0.1) is 34.6 Å². The lowest BCUT2D eigenvalue weighted by molar-refractivity contribution is -0.116. The predicted molar refractivity (Wildman–Crippen MR) is 139 cm³/mol. The van der Waals surface area contributed by atoms with E-state index in [4.69, 9.17) is 19.6 Å². The number of aryl methyl sites for hydroxylation is 5. The summed E-state index contributed by atoms with van der Waals surface area (Å²) in [6.45, 7) is 10.3. The smallest absolute Gasteiger partial charge is 0.224 e. The third-order valence-corrected chi connectivity index (χ3v) is 6.55. The van der Waals surface area contributed by atoms with Crippen molar-refractivity contribution in [2.45, 2.75) is 47.5 Å². The molecule has 0 aliphatic rings. The van der Waals surface area contributed by atoms with E-state index < -0.39 is 0 Å². The number of methoxy groups -OCH3 is 2. The second-order valence-corrected chi connectivity index (χ2v) is 8.91. The van der Waals surface area contributed by atoms with Crippen molar-refractivity contribution in [3.8, 4) is 17.2 Å². The molecule has 7 nitrogen and oxygen atoms in total. The second kappa shape index (κ2) is 9.78. The van der Waals surface area contributed by atoms with Crippen LogP contribution in [0.25, 0.3) is 16.7 Å². The summed E-state index contributed by atoms with van der Waals surface area (Å²) in [5.41, 5.74) is 8.99. The van der Waals surface area contributed by atoms with Crippen molar-refractivity contribution in [1.82, 2.24) is 14.8 Å². The van der Waals surface area contributed by atoms with E-state index in [1.165, 1.54) is 11.1 Å². The SMILES string of the molecule is COc1cc(NC(=O)CCc2c(C)nc3c(c(C)nn3-c3ccc(C)c(C)c3)c2C)cc(OC)c1. The molecule has 0 saturated heterocycles. The number of fused-ring (bicyclic) bond motifs is 1. The van der Waals surface area contributed by atoms with Crippen LogP contribution in [0.4, 0.5) is 5.69 Å². The Kier molecular flexibility index (Phi) is 6.78. The Balaban J connectivity index is 1.59. The first-order valence-corrected chi connectivity index (χ1v) is 11.7. The van der Waals surface area contributed by atoms with E-state index in [0.717, 1.165) is 39.2 Å². The Morgan fingerprint density at radius 2 is 1.60 bits per heavy atom. The molecule has 2 aromatic heterocycles. The third kappa shape index (κ3) is 4.85. The summed E-state index contributed by atoms with van der Waals surface area (Å²) in [6.07, 6.45) is 0.917. The number of carbonyl (C=O) groups excluding carboxylic acids is 1. The van der Waals surface area contributed by atoms with Gasteiger partial charge in [-0.2, -0.15) is 5.10 Å². The molecule has 182 valence electrons. The molecule has 0 unspecified atom stereocenters. The molecule has 2 heterocycles. The molecule has 0 atom stereocenters. The van der Waals surface area contributed by atoms with Crippen LogP contribution >= 0.6 is 0 Å². The first kappa shape index (κ1) is 24.3. The van der Waals surface area contributed by atoms with Gasteiger partial charge in [0.05, 0.1) is 25.6 Å². The summed E-state index contributed by atoms with van der Waals surface area (Å²) >= 11 is 0. The number of benzene rings is 2. The average Bonchev–Trinajstić information content (AvgIpc) is 3.16. The lowest BCUT2D eigenvalue weighted by atomic mass is 9.99. The van der Waals surface area contributed by atoms with Gasteiger partial charge < -0.3 is 14.8 Å². The minimum atomic E-state index is -0.0817. The van der Waals surface area contributed by atoms with Crippen molar-refractivity contribution in [3.05, 3.63) is 70.0 Å². The highest BCUT2D eigenvalue weighted by Crippen LogP contribution is 2.29. The molecule has 0 saturated carbocycles. The quantitative estimate of drug-likeness (QED) is 0.381. The minimum absolute atomic E-state index is 0.0817. The number of hydrogen-bond donors (Lipinski definition) is 1. The lowest BCUT2D eigenvalue weighted by Crippen LogP contribution is -2.13. The largest absolute Gasteiger partial charge is 0.497 e. The Morgan fingerprint density at radius 1 is 0.914 bits per heavy atom. The Morgan fingerprint density at radius 3 is 2.23 bits per heavy atom. The normalized spacial score (nSPS) is 11.1. The minimum Gasteiger partial charge on any atom is -0.497 e. The number of amides is 1. The number of carbonyl (C=O) groups is 1. The van der Waals surface area contributed by atoms with E-state index in [2.05, 4.69) is 44.3 Å². The lowest BCUT2D eigenvalue weighted by Gasteiger charge is -2.13. The maximum absolute atomic E-state index is 12.8. The molecule has 1 amide bonds. The summed E-state index contributed by atoms with van der Waals surface area (Å²) in [4.78, 5) is 17.7. The maximum Gasteiger partial charge on any atom is 0.224 e. The van der Waals surface area contributed by atoms with E-state index in [1.807, 2.05) is 18.5 Å². The molecule has 4 rings (SSSR count). The highest BCUT2D eigenvalue weighted by Gasteiger charge is 2.18. The molecular weight excluding hydrogens is 440 g/mol. The van der Waals surface area contributed by atoms with Crippen molar-refractivity contribution in [2.24, 2.45) is 0 Å². The van der Waals surface area contributed by atoms with E-state index in [1.54, 1.807) is 32.4 Å². The molecule has 1 N–H and O–H groups in total. The van der Waals surface area contributed by atoms with Crippen LogP contribution in [-0.2, 0) is 11.2 Å². The van der Waals surface area contributed by atoms with Gasteiger partial charge in [0, 0.05) is 41.4 Å². The van der Waals surface area contributed by atoms with E-state index in [-0.39, 0.29) is 5.91 Å². The first-order valence-electron chi connectivity index (χ1n) is 11.7. The zero-order chi connectivity index (χ0) is 25.3. The molecule has 35 heavy (non-hydrogen) atoms. The van der Waals surface area contributed by atoms with Gasteiger partial charge in [0.2, 0.25) is 5.91 Å². The van der Waals surface area contributed by atoms with Gasteiger partial charge in [0.25, 0.3) is 0 Å². The molecular formula is C28H32N4O3. The van der Waals surface area contributed by atoms with Gasteiger partial charge in [-0.3, -0.25) is 4.79 Å². The summed E-state index contributed by atoms with van der Waals surface area (Å²) in [5, 5.41) is 8.80. The fourth-order valence-corrected chi connectivity index (χ4v) is 4.45. The third-order valence-electron chi connectivity index (χ3n) is 6.55. The summed E-state index contributed by atoms with van der Waals surface area (Å²) in [6, 6.07) is 11.6. The summed E-state index contributed by atoms with van der Waals surface area (Å²) in [7, 11) is 3.17. The van der Waals surface area contributed by atoms with Gasteiger partial charge in [-0.25, -0.2) is 9.67 Å². The van der Waals surface area contributed by atoms with Gasteiger partial charge in [-0.1, -0.05) is 6.07 Å². The summed E-state index contributed by atoms with van der Waals surface area (Å²) in [5.74, 6) is 1.16. The van der Waals surface area contributed by atoms with Crippen LogP contribution < -0.4 is 14.8 Å². The number of anilines is 1. The van der Waals surface area contributed by atoms with Crippen LogP contribution in [0.2, 0.25) is 0 Å². The Labute approximate surface area is 206 Å². The molecule has 4 aromatic rings. The fourth-order valence-electron chi connectivity index (χ4n) is 4.45. The zero-order valence-electron chi connectivity index (χ0n) is 21.4. The highest BCUT2D eigenvalue weighted by atomic mass is 16.5. The highest BCUT2D eigenvalue weighted by molar-refractivity contribution is 5.91. The van der Waals surface area contributed by atoms with Crippen molar-refractivity contribution in [3.63, 3.8) is 0 Å². The second-order valence-electron chi connectivity index (χ2n) is 8.91. The van der Waals surface area contributed by atoms with Gasteiger partial charge >= 0.3 is 0 Å². The molecule has 0 radical (unpaired) electrons. The van der Waals surface area contributed by atoms with Crippen LogP contribution in [0.1, 0.15) is 40.1 Å². The summed E-state index contributed by atoms with van der Waals surface area (Å²) < 4.78 is 12.5. The van der Waals surface area contributed by atoms with E-state index >= 15 is 0 Å². The predicted octanol–water partition coefficient (Wildman–Crippen LogP) is 5.55. The Hall–Kier alpha value is -3.87. The number of hydrogen-bond acceptors (Lipinski definition) is 5. The number of nitrogens with zero attached hydrogens (tertiary/aromatic N) is 3. The van der Waals surface area contributed by atoms with Crippen molar-refractivity contribution in [2.75, 3.05) is 19.5 Å². The molecule has 7 heteroatoms. The van der Waals surface area contributed by atoms with Crippen LogP contribution in [0.3, 0.4) is 0 Å². The number of ether oxygens (including phenoxy) is 2. The van der Waals surface area contributed by atoms with Crippen LogP contribution in [0.15, 0.2) is 36.4 Å². The van der Waals surface area contributed by atoms with Crippen LogP contribution in [0.5, 0.6) is 11.5 Å². The molecule has 0 spiro atoms. The Bertz CT molecular complexity index is 1400. The van der Waals surface area contributed by atoms with Gasteiger partial charge in [0.15, 0.2) is 5.65 Å². The van der Waals surface area contributed by atoms with Crippen LogP contribution in [-0.4, -0.2) is 34.9 Å². The average molecular weight is 473 g/mol. The standard InChI is InChI=1S/C28H32N4O3/c1-16-8-9-22(12-17(16)2)32-28-27(20(5)31-32)18(3)25(19(4)29-28)10-11-26(33)30-21-13-23(34-6)15-24(14-21)35-7/h8-9,12-15H,10-11H2,1-7H3,(H,30,33). The van der Waals surface area contributed by atoms with Crippen molar-refractivity contribution < 1.29 is 14.3 Å². The van der Waals surface area contributed by atoms with Crippen molar-refractivity contribution in [1.29, 1.82) is 0 Å².